The van der Waals surface area contributed by atoms with Crippen LogP contribution in [0.2, 0.25) is 0 Å². The molecule has 1 fully saturated rings. The second-order valence-electron chi connectivity index (χ2n) is 6.20. The van der Waals surface area contributed by atoms with Gasteiger partial charge in [0.2, 0.25) is 5.91 Å². The molecule has 24 heavy (non-hydrogen) atoms. The van der Waals surface area contributed by atoms with Gasteiger partial charge in [-0.3, -0.25) is 9.78 Å². The number of carbonyl (C=O) groups is 1. The van der Waals surface area contributed by atoms with Gasteiger partial charge in [0.1, 0.15) is 5.82 Å². The van der Waals surface area contributed by atoms with Crippen LogP contribution in [0.3, 0.4) is 0 Å². The molecular weight excluding hydrogens is 307 g/mol. The molecule has 0 unspecified atom stereocenters. The highest BCUT2D eigenvalue weighted by atomic mass is 19.1. The van der Waals surface area contributed by atoms with Crippen molar-refractivity contribution in [1.82, 2.24) is 9.88 Å². The van der Waals surface area contributed by atoms with E-state index in [1.165, 1.54) is 6.07 Å². The van der Waals surface area contributed by atoms with E-state index in [1.807, 2.05) is 6.07 Å². The van der Waals surface area contributed by atoms with E-state index in [2.05, 4.69) is 4.98 Å². The third-order valence-corrected chi connectivity index (χ3v) is 4.53. The highest BCUT2D eigenvalue weighted by Gasteiger charge is 2.33. The van der Waals surface area contributed by atoms with Crippen LogP contribution < -0.4 is 0 Å². The van der Waals surface area contributed by atoms with Crippen LogP contribution in [-0.4, -0.2) is 39.6 Å². The molecule has 0 bridgehead atoms. The first-order chi connectivity index (χ1) is 11.6. The molecule has 1 aromatic heterocycles. The van der Waals surface area contributed by atoms with Crippen LogP contribution in [0.4, 0.5) is 4.39 Å². The van der Waals surface area contributed by atoms with Crippen LogP contribution in [0, 0.1) is 5.82 Å². The largest absolute Gasteiger partial charge is 0.391 e. The Labute approximate surface area is 141 Å². The molecule has 1 saturated heterocycles. The molecule has 1 aliphatic heterocycles. The summed E-state index contributed by atoms with van der Waals surface area (Å²) in [5.74, 6) is -0.349. The smallest absolute Gasteiger partial charge is 0.227 e. The van der Waals surface area contributed by atoms with Gasteiger partial charge in [-0.1, -0.05) is 24.3 Å². The first kappa shape index (κ1) is 16.6. The summed E-state index contributed by atoms with van der Waals surface area (Å²) in [4.78, 5) is 18.4. The second kappa shape index (κ2) is 7.53. The summed E-state index contributed by atoms with van der Waals surface area (Å²) < 4.78 is 14.0. The van der Waals surface area contributed by atoms with Gasteiger partial charge in [0.15, 0.2) is 0 Å². The summed E-state index contributed by atoms with van der Waals surface area (Å²) in [5, 5.41) is 10.4. The first-order valence-corrected chi connectivity index (χ1v) is 8.25. The van der Waals surface area contributed by atoms with Crippen molar-refractivity contribution in [3.8, 4) is 0 Å². The fourth-order valence-corrected chi connectivity index (χ4v) is 3.26. The SMILES string of the molecule is O=C(Cc1cccnc1)N1CCC[C@H](O)[C@@H]1Cc1ccccc1F. The zero-order chi connectivity index (χ0) is 16.9. The Morgan fingerprint density at radius 3 is 2.88 bits per heavy atom. The lowest BCUT2D eigenvalue weighted by molar-refractivity contribution is -0.138. The van der Waals surface area contributed by atoms with Crippen molar-refractivity contribution in [2.45, 2.75) is 37.8 Å². The number of aliphatic hydroxyl groups is 1. The zero-order valence-electron chi connectivity index (χ0n) is 13.4. The van der Waals surface area contributed by atoms with E-state index in [9.17, 15) is 14.3 Å². The van der Waals surface area contributed by atoms with E-state index in [0.717, 1.165) is 12.0 Å². The Bertz CT molecular complexity index is 693. The van der Waals surface area contributed by atoms with Crippen molar-refractivity contribution in [3.05, 3.63) is 65.7 Å². The van der Waals surface area contributed by atoms with Crippen LogP contribution >= 0.6 is 0 Å². The minimum Gasteiger partial charge on any atom is -0.391 e. The normalized spacial score (nSPS) is 20.8. The second-order valence-corrected chi connectivity index (χ2v) is 6.20. The van der Waals surface area contributed by atoms with E-state index in [-0.39, 0.29) is 24.2 Å². The van der Waals surface area contributed by atoms with Crippen molar-refractivity contribution >= 4 is 5.91 Å². The first-order valence-electron chi connectivity index (χ1n) is 8.25. The van der Waals surface area contributed by atoms with Crippen molar-refractivity contribution in [1.29, 1.82) is 0 Å². The lowest BCUT2D eigenvalue weighted by Crippen LogP contribution is -2.52. The molecule has 3 rings (SSSR count). The molecule has 2 atom stereocenters. The summed E-state index contributed by atoms with van der Waals surface area (Å²) in [6, 6.07) is 9.80. The molecule has 0 spiro atoms. The Morgan fingerprint density at radius 2 is 2.12 bits per heavy atom. The number of nitrogens with zero attached hydrogens (tertiary/aromatic N) is 2. The number of aliphatic hydroxyl groups excluding tert-OH is 1. The minimum absolute atomic E-state index is 0.0527. The molecule has 1 aromatic carbocycles. The number of hydrogen-bond acceptors (Lipinski definition) is 3. The Kier molecular flexibility index (Phi) is 5.20. The third kappa shape index (κ3) is 3.79. The van der Waals surface area contributed by atoms with Gasteiger partial charge in [-0.25, -0.2) is 4.39 Å². The summed E-state index contributed by atoms with van der Waals surface area (Å²) >= 11 is 0. The molecule has 0 saturated carbocycles. The predicted octanol–water partition coefficient (Wildman–Crippen LogP) is 2.36. The van der Waals surface area contributed by atoms with Gasteiger partial charge in [0.05, 0.1) is 18.6 Å². The molecular formula is C19H21FN2O2. The molecule has 0 aliphatic carbocycles. The number of carbonyl (C=O) groups excluding carboxylic acids is 1. The average molecular weight is 328 g/mol. The van der Waals surface area contributed by atoms with Gasteiger partial charge in [-0.2, -0.15) is 0 Å². The quantitative estimate of drug-likeness (QED) is 0.937. The van der Waals surface area contributed by atoms with Crippen LogP contribution in [0.1, 0.15) is 24.0 Å². The fourth-order valence-electron chi connectivity index (χ4n) is 3.26. The van der Waals surface area contributed by atoms with Crippen LogP contribution in [0.15, 0.2) is 48.8 Å². The van der Waals surface area contributed by atoms with E-state index in [0.29, 0.717) is 24.9 Å². The third-order valence-electron chi connectivity index (χ3n) is 4.53. The number of rotatable bonds is 4. The van der Waals surface area contributed by atoms with Gasteiger partial charge in [-0.15, -0.1) is 0 Å². The molecule has 0 radical (unpaired) electrons. The average Bonchev–Trinajstić information content (AvgIpc) is 2.59. The lowest BCUT2D eigenvalue weighted by atomic mass is 9.92. The van der Waals surface area contributed by atoms with E-state index < -0.39 is 6.10 Å². The Hall–Kier alpha value is -2.27. The number of pyridine rings is 1. The molecule has 4 nitrogen and oxygen atoms in total. The maximum absolute atomic E-state index is 14.0. The summed E-state index contributed by atoms with van der Waals surface area (Å²) in [5.41, 5.74) is 1.37. The highest BCUT2D eigenvalue weighted by molar-refractivity contribution is 5.79. The number of likely N-dealkylation sites (tertiary alicyclic amines) is 1. The molecule has 5 heteroatoms. The zero-order valence-corrected chi connectivity index (χ0v) is 13.4. The minimum atomic E-state index is -0.629. The standard InChI is InChI=1S/C19H21FN2O2/c20-16-7-2-1-6-15(16)12-17-18(23)8-4-10-22(17)19(24)11-14-5-3-9-21-13-14/h1-3,5-7,9,13,17-18,23H,4,8,10-12H2/t17-,18-/m0/s1. The number of halogens is 1. The van der Waals surface area contributed by atoms with Gasteiger partial charge in [-0.05, 0) is 42.5 Å². The summed E-state index contributed by atoms with van der Waals surface area (Å²) in [7, 11) is 0. The molecule has 2 aromatic rings. The van der Waals surface area contributed by atoms with Crippen molar-refractivity contribution in [3.63, 3.8) is 0 Å². The Morgan fingerprint density at radius 1 is 1.29 bits per heavy atom. The maximum Gasteiger partial charge on any atom is 0.227 e. The molecule has 1 N–H and O–H groups in total. The van der Waals surface area contributed by atoms with E-state index in [1.54, 1.807) is 41.6 Å². The maximum atomic E-state index is 14.0. The number of amides is 1. The van der Waals surface area contributed by atoms with Gasteiger partial charge in [0.25, 0.3) is 0 Å². The number of aromatic nitrogens is 1. The fraction of sp³-hybridized carbons (Fsp3) is 0.368. The summed E-state index contributed by atoms with van der Waals surface area (Å²) in [6.07, 6.45) is 4.67. The lowest BCUT2D eigenvalue weighted by Gasteiger charge is -2.39. The topological polar surface area (TPSA) is 53.4 Å². The molecule has 126 valence electrons. The van der Waals surface area contributed by atoms with Gasteiger partial charge < -0.3 is 10.0 Å². The molecule has 1 amide bonds. The van der Waals surface area contributed by atoms with E-state index >= 15 is 0 Å². The van der Waals surface area contributed by atoms with Crippen molar-refractivity contribution in [2.75, 3.05) is 6.54 Å². The predicted molar refractivity (Wildman–Crippen MR) is 88.8 cm³/mol. The Balaban J connectivity index is 1.76. The van der Waals surface area contributed by atoms with Crippen LogP contribution in [-0.2, 0) is 17.6 Å². The molecule has 1 aliphatic rings. The van der Waals surface area contributed by atoms with Gasteiger partial charge in [0, 0.05) is 18.9 Å². The van der Waals surface area contributed by atoms with Crippen LogP contribution in [0.25, 0.3) is 0 Å². The number of benzene rings is 1. The van der Waals surface area contributed by atoms with Gasteiger partial charge >= 0.3 is 0 Å². The molecule has 2 heterocycles. The number of piperidine rings is 1. The van der Waals surface area contributed by atoms with Crippen molar-refractivity contribution < 1.29 is 14.3 Å². The highest BCUT2D eigenvalue weighted by Crippen LogP contribution is 2.23. The van der Waals surface area contributed by atoms with Crippen LogP contribution in [0.5, 0.6) is 0 Å². The van der Waals surface area contributed by atoms with E-state index in [4.69, 9.17) is 0 Å². The monoisotopic (exact) mass is 328 g/mol. The van der Waals surface area contributed by atoms with Crippen molar-refractivity contribution in [2.24, 2.45) is 0 Å². The summed E-state index contributed by atoms with van der Waals surface area (Å²) in [6.45, 7) is 0.593. The number of hydrogen-bond donors (Lipinski definition) is 1.